The third-order valence-corrected chi connectivity index (χ3v) is 11.3. The molecule has 0 radical (unpaired) electrons. The van der Waals surface area contributed by atoms with Crippen molar-refractivity contribution in [3.63, 3.8) is 0 Å². The summed E-state index contributed by atoms with van der Waals surface area (Å²) in [4.78, 5) is 0. The first-order valence-corrected chi connectivity index (χ1v) is 23.8. The van der Waals surface area contributed by atoms with Gasteiger partial charge in [-0.25, -0.2) is 13.2 Å². The fourth-order valence-electron chi connectivity index (χ4n) is 6.48. The van der Waals surface area contributed by atoms with Gasteiger partial charge in [-0.05, 0) is 129 Å². The van der Waals surface area contributed by atoms with Crippen LogP contribution < -0.4 is 0 Å². The molecule has 0 aliphatic rings. The quantitative estimate of drug-likeness (QED) is 0.155. The van der Waals surface area contributed by atoms with Gasteiger partial charge in [0.25, 0.3) is 0 Å². The molecule has 0 aliphatic carbocycles. The highest BCUT2D eigenvalue weighted by molar-refractivity contribution is 9.10. The van der Waals surface area contributed by atoms with E-state index >= 15 is 0 Å². The molecular weight excluding hydrogens is 915 g/mol. The highest BCUT2D eigenvalue weighted by Crippen LogP contribution is 2.37. The molecule has 0 spiro atoms. The molecule has 6 aromatic carbocycles. The standard InChI is InChI=1S/C11H13F3.C11H16.2C10H13F.C9H10BrF.C9H12/c1-10(2,3)8-6-4-5-7-9(8)11(12,13)14;1-9-5-7-10(8-6-9)11(2,3)4;1-10(2,3)8-4-6-9(11)7-5-8;1-7(2)10-5-4-9(11)6-8(10)3;1-6(2)8-4-3-7(11)5-9(8)10;1-8(2)9-6-4-3-5-7-9/h4-7H,1-3H3;5-8H,1-4H3;2*4-7H,1-3H3;3-6H,1-2H3;3-8H,1-2H3. The Morgan fingerprint density at radius 3 is 1.13 bits per heavy atom. The van der Waals surface area contributed by atoms with Crippen molar-refractivity contribution in [2.45, 2.75) is 158 Å². The van der Waals surface area contributed by atoms with Crippen LogP contribution in [0.4, 0.5) is 26.3 Å². The Kier molecular flexibility index (Phi) is 24.7. The van der Waals surface area contributed by atoms with Gasteiger partial charge in [0, 0.05) is 4.47 Å². The summed E-state index contributed by atoms with van der Waals surface area (Å²) in [5.74, 6) is 1.07. The van der Waals surface area contributed by atoms with Crippen LogP contribution in [0.1, 0.15) is 172 Å². The van der Waals surface area contributed by atoms with Crippen LogP contribution in [-0.2, 0) is 22.4 Å². The molecule has 0 amide bonds. The average molecular weight is 992 g/mol. The van der Waals surface area contributed by atoms with E-state index in [1.54, 1.807) is 32.9 Å². The second-order valence-corrected chi connectivity index (χ2v) is 21.6. The van der Waals surface area contributed by atoms with Gasteiger partial charge in [-0.1, -0.05) is 222 Å². The Morgan fingerprint density at radius 1 is 0.403 bits per heavy atom. The SMILES string of the molecule is CC(C)(C)c1ccc(F)cc1.CC(C)(C)c1ccccc1C(F)(F)F.CC(C)c1ccc(F)cc1Br.CC(C)c1ccccc1.Cc1cc(F)ccc1C(C)C.Cc1ccc(C(C)(C)C)cc1. The molecule has 0 atom stereocenters. The lowest BCUT2D eigenvalue weighted by molar-refractivity contribution is -0.138. The third kappa shape index (κ3) is 23.3. The van der Waals surface area contributed by atoms with Crippen molar-refractivity contribution in [2.24, 2.45) is 0 Å². The Hall–Kier alpha value is -4.62. The fraction of sp³-hybridized carbons (Fsp3) is 0.400. The van der Waals surface area contributed by atoms with E-state index in [9.17, 15) is 26.3 Å². The maximum Gasteiger partial charge on any atom is 0.416 e. The predicted octanol–water partition coefficient (Wildman–Crippen LogP) is 20.2. The van der Waals surface area contributed by atoms with E-state index in [-0.39, 0.29) is 28.3 Å². The van der Waals surface area contributed by atoms with Gasteiger partial charge in [-0.3, -0.25) is 0 Å². The molecule has 0 unspecified atom stereocenters. The van der Waals surface area contributed by atoms with E-state index in [0.717, 1.165) is 21.7 Å². The highest BCUT2D eigenvalue weighted by Gasteiger charge is 2.35. The smallest absolute Gasteiger partial charge is 0.207 e. The minimum Gasteiger partial charge on any atom is -0.207 e. The second kappa shape index (κ2) is 27.4. The van der Waals surface area contributed by atoms with Crippen molar-refractivity contribution < 1.29 is 26.3 Å². The van der Waals surface area contributed by atoms with Crippen LogP contribution in [0.2, 0.25) is 0 Å². The summed E-state index contributed by atoms with van der Waals surface area (Å²) >= 11 is 3.31. The van der Waals surface area contributed by atoms with Gasteiger partial charge in [-0.2, -0.15) is 13.2 Å². The summed E-state index contributed by atoms with van der Waals surface area (Å²) < 4.78 is 76.3. The number of rotatable bonds is 3. The zero-order chi connectivity index (χ0) is 51.5. The molecule has 67 heavy (non-hydrogen) atoms. The van der Waals surface area contributed by atoms with E-state index < -0.39 is 17.2 Å². The maximum atomic E-state index is 12.6. The van der Waals surface area contributed by atoms with Gasteiger partial charge in [0.15, 0.2) is 0 Å². The molecule has 0 aromatic heterocycles. The summed E-state index contributed by atoms with van der Waals surface area (Å²) in [6, 6.07) is 41.4. The molecule has 6 aromatic rings. The molecule has 0 fully saturated rings. The lowest BCUT2D eigenvalue weighted by atomic mass is 9.83. The summed E-state index contributed by atoms with van der Waals surface area (Å²) in [6.45, 7) is 35.2. The molecular formula is C60H77BrF6. The van der Waals surface area contributed by atoms with E-state index in [1.807, 2.05) is 37.3 Å². The Bertz CT molecular complexity index is 2160. The summed E-state index contributed by atoms with van der Waals surface area (Å²) in [6.07, 6.45) is -4.26. The molecule has 0 aliphatic heterocycles. The average Bonchev–Trinajstić information content (AvgIpc) is 3.21. The predicted molar refractivity (Wildman–Crippen MR) is 279 cm³/mol. The van der Waals surface area contributed by atoms with Crippen LogP contribution in [0.25, 0.3) is 0 Å². The van der Waals surface area contributed by atoms with E-state index in [2.05, 4.69) is 154 Å². The largest absolute Gasteiger partial charge is 0.416 e. The van der Waals surface area contributed by atoms with Crippen LogP contribution >= 0.6 is 15.9 Å². The van der Waals surface area contributed by atoms with Gasteiger partial charge in [0.05, 0.1) is 5.56 Å². The van der Waals surface area contributed by atoms with Crippen LogP contribution in [0.5, 0.6) is 0 Å². The molecule has 0 N–H and O–H groups in total. The van der Waals surface area contributed by atoms with Crippen LogP contribution in [0, 0.1) is 31.3 Å². The number of hydrogen-bond donors (Lipinski definition) is 0. The number of halogens is 7. The van der Waals surface area contributed by atoms with Crippen LogP contribution in [0.3, 0.4) is 0 Å². The normalized spacial score (nSPS) is 11.4. The van der Waals surface area contributed by atoms with Crippen molar-refractivity contribution in [2.75, 3.05) is 0 Å². The number of benzene rings is 6. The second-order valence-electron chi connectivity index (χ2n) is 20.7. The molecule has 6 rings (SSSR count). The number of alkyl halides is 3. The van der Waals surface area contributed by atoms with Crippen molar-refractivity contribution in [3.05, 3.63) is 212 Å². The molecule has 0 heterocycles. The number of aryl methyl sites for hydroxylation is 2. The third-order valence-electron chi connectivity index (χ3n) is 10.6. The Morgan fingerprint density at radius 2 is 0.791 bits per heavy atom. The molecule has 0 nitrogen and oxygen atoms in total. The summed E-state index contributed by atoms with van der Waals surface area (Å²) in [7, 11) is 0. The molecule has 7 heteroatoms. The van der Waals surface area contributed by atoms with Gasteiger partial charge in [0.2, 0.25) is 0 Å². The van der Waals surface area contributed by atoms with Crippen molar-refractivity contribution in [1.29, 1.82) is 0 Å². The van der Waals surface area contributed by atoms with E-state index in [1.165, 1.54) is 70.3 Å². The van der Waals surface area contributed by atoms with Crippen LogP contribution in [-0.4, -0.2) is 0 Å². The lowest BCUT2D eigenvalue weighted by Crippen LogP contribution is -2.19. The summed E-state index contributed by atoms with van der Waals surface area (Å²) in [5, 5.41) is 0. The zero-order valence-electron chi connectivity index (χ0n) is 43.2. The van der Waals surface area contributed by atoms with Crippen molar-refractivity contribution in [3.8, 4) is 0 Å². The van der Waals surface area contributed by atoms with Crippen LogP contribution in [0.15, 0.2) is 144 Å². The van der Waals surface area contributed by atoms with Gasteiger partial charge in [-0.15, -0.1) is 0 Å². The van der Waals surface area contributed by atoms with E-state index in [4.69, 9.17) is 0 Å². The number of hydrogen-bond acceptors (Lipinski definition) is 0. The van der Waals surface area contributed by atoms with Crippen molar-refractivity contribution >= 4 is 15.9 Å². The van der Waals surface area contributed by atoms with Crippen molar-refractivity contribution in [1.82, 2.24) is 0 Å². The summed E-state index contributed by atoms with van der Waals surface area (Å²) in [5.41, 5.74) is 8.46. The van der Waals surface area contributed by atoms with Gasteiger partial charge >= 0.3 is 6.18 Å². The Labute approximate surface area is 409 Å². The minimum atomic E-state index is -4.26. The molecule has 0 bridgehead atoms. The topological polar surface area (TPSA) is 0 Å². The molecule has 0 saturated carbocycles. The van der Waals surface area contributed by atoms with Gasteiger partial charge in [0.1, 0.15) is 17.5 Å². The fourth-order valence-corrected chi connectivity index (χ4v) is 7.29. The first-order chi connectivity index (χ1) is 30.7. The molecule has 0 saturated heterocycles. The lowest BCUT2D eigenvalue weighted by Gasteiger charge is -2.23. The first kappa shape index (κ1) is 60.4. The maximum absolute atomic E-state index is 12.6. The zero-order valence-corrected chi connectivity index (χ0v) is 44.7. The first-order valence-electron chi connectivity index (χ1n) is 23.0. The highest BCUT2D eigenvalue weighted by atomic mass is 79.9. The Balaban J connectivity index is 0.000000404. The molecule has 366 valence electrons. The minimum absolute atomic E-state index is 0.119. The van der Waals surface area contributed by atoms with Gasteiger partial charge < -0.3 is 0 Å². The monoisotopic (exact) mass is 991 g/mol. The van der Waals surface area contributed by atoms with E-state index in [0.29, 0.717) is 23.3 Å².